The van der Waals surface area contributed by atoms with Crippen LogP contribution >= 0.6 is 0 Å². The Morgan fingerprint density at radius 2 is 0.455 bits per heavy atom. The summed E-state index contributed by atoms with van der Waals surface area (Å²) < 4.78 is 21.0. The number of fused-ring (bicyclic) bond motifs is 27. The molecule has 31 aromatic rings. The summed E-state index contributed by atoms with van der Waals surface area (Å²) in [6.07, 6.45) is 0. The van der Waals surface area contributed by atoms with E-state index < -0.39 is 0 Å². The highest BCUT2D eigenvalue weighted by atomic mass is 16.3. The standard InChI is InChI=1S/C134H80N10O/c1-5-28-82(29-6-1)129-103-64-54-91(80-114(103)136-134(137-129)144-118-50-25-19-44-104(118)127-128-105-45-20-26-51-126(105)145-132(128)101-42-14-13-41-100(101)131(127)144)90-61-71-125-112(79-90)111-78-89(86-56-66-120-107(74-86)98-39-17-23-48-116(98)140(120)94-34-9-3-10-35-94)60-70-124(111)143(125)133-135-113-46-21-15-43-102(113)130(138-133)92-31-27-30-83(72-92)81-52-62-96(63-53-81)142-117-49-24-18-40-99(117)108-75-85(57-67-121(108)142)88-59-69-123-110(77-88)109-76-87(58-68-122(109)141(123)95-36-11-4-12-37-95)84-55-65-119-106(73-84)97-38-16-22-47-115(97)139(119)93-32-7-2-8-33-93/h1-80H. The molecule has 0 bridgehead atoms. The van der Waals surface area contributed by atoms with Crippen LogP contribution in [-0.4, -0.2) is 47.3 Å². The SMILES string of the molecule is c1ccc(-c2nc(-n3c4ccccc4c4c5c6ccccc6oc5c5ccccc5c43)nc3cc(-c4ccc5c(c4)c4cc(-c6ccc7c(c6)c6ccccc6n7-c6ccccc6)ccc4n5-c4nc(-c5cccc(-c6ccc(-n7c8ccccc8c8cc(-c9ccc%10c(c9)c9cc(-c%11ccc%12c(c%11)c%11ccccc%11n%12-c%11ccccc%11)ccc9n%10-c9ccccc9)ccc87)cc6)c5)c5ccccc5n4)ccc23)cc1. The molecule has 672 valence electrons. The number of hydrogen-bond acceptors (Lipinski definition) is 5. The highest BCUT2D eigenvalue weighted by Gasteiger charge is 2.29. The number of hydrogen-bond donors (Lipinski definition) is 0. The van der Waals surface area contributed by atoms with Gasteiger partial charge in [0.1, 0.15) is 11.2 Å². The molecule has 9 aromatic heterocycles. The highest BCUT2D eigenvalue weighted by Crippen LogP contribution is 2.50. The van der Waals surface area contributed by atoms with Crippen molar-refractivity contribution in [2.45, 2.75) is 0 Å². The van der Waals surface area contributed by atoms with Crippen LogP contribution in [0.1, 0.15) is 0 Å². The number of nitrogens with zero attached hydrogens (tertiary/aromatic N) is 10. The molecule has 0 atom stereocenters. The Kier molecular flexibility index (Phi) is 17.4. The van der Waals surface area contributed by atoms with Gasteiger partial charge >= 0.3 is 0 Å². The van der Waals surface area contributed by atoms with Gasteiger partial charge in [0, 0.05) is 131 Å². The Bertz CT molecular complexity index is 10900. The Labute approximate surface area is 829 Å². The van der Waals surface area contributed by atoms with Crippen LogP contribution in [0.3, 0.4) is 0 Å². The minimum atomic E-state index is 0.567. The first kappa shape index (κ1) is 80.3. The molecule has 0 amide bonds. The third-order valence-corrected chi connectivity index (χ3v) is 30.4. The Balaban J connectivity index is 0.519. The zero-order chi connectivity index (χ0) is 94.7. The summed E-state index contributed by atoms with van der Waals surface area (Å²) in [6.45, 7) is 0. The summed E-state index contributed by atoms with van der Waals surface area (Å²) >= 11 is 0. The lowest BCUT2D eigenvalue weighted by atomic mass is 9.98. The maximum Gasteiger partial charge on any atom is 0.235 e. The second-order valence-corrected chi connectivity index (χ2v) is 38.3. The van der Waals surface area contributed by atoms with E-state index in [0.717, 1.165) is 221 Å². The molecule has 0 fully saturated rings. The van der Waals surface area contributed by atoms with E-state index in [1.807, 2.05) is 6.07 Å². The molecule has 145 heavy (non-hydrogen) atoms. The van der Waals surface area contributed by atoms with Gasteiger partial charge in [-0.05, 0) is 244 Å². The first-order valence-corrected chi connectivity index (χ1v) is 49.5. The van der Waals surface area contributed by atoms with Crippen molar-refractivity contribution in [1.29, 1.82) is 0 Å². The molecule has 0 radical (unpaired) electrons. The van der Waals surface area contributed by atoms with Gasteiger partial charge in [-0.15, -0.1) is 0 Å². The van der Waals surface area contributed by atoms with Crippen molar-refractivity contribution in [2.24, 2.45) is 0 Å². The van der Waals surface area contributed by atoms with Crippen LogP contribution < -0.4 is 0 Å². The number of aromatic nitrogens is 10. The summed E-state index contributed by atoms with van der Waals surface area (Å²) in [6, 6.07) is 177. The van der Waals surface area contributed by atoms with Gasteiger partial charge in [-0.3, -0.25) is 9.13 Å². The average Bonchev–Trinajstić information content (AvgIpc) is 1.53. The number of para-hydroxylation sites is 9. The first-order valence-electron chi connectivity index (χ1n) is 49.5. The predicted molar refractivity (Wildman–Crippen MR) is 602 cm³/mol. The molecule has 0 saturated carbocycles. The highest BCUT2D eigenvalue weighted by molar-refractivity contribution is 6.36. The third-order valence-electron chi connectivity index (χ3n) is 30.4. The van der Waals surface area contributed by atoms with Crippen LogP contribution in [0.2, 0.25) is 0 Å². The number of rotatable bonds is 13. The van der Waals surface area contributed by atoms with Gasteiger partial charge in [0.25, 0.3) is 0 Å². The van der Waals surface area contributed by atoms with E-state index in [2.05, 4.69) is 507 Å². The second-order valence-electron chi connectivity index (χ2n) is 38.3. The van der Waals surface area contributed by atoms with E-state index in [4.69, 9.17) is 24.4 Å². The van der Waals surface area contributed by atoms with Gasteiger partial charge in [0.15, 0.2) is 0 Å². The zero-order valence-corrected chi connectivity index (χ0v) is 78.1. The predicted octanol–water partition coefficient (Wildman–Crippen LogP) is 34.9. The number of benzene rings is 22. The van der Waals surface area contributed by atoms with E-state index in [1.165, 1.54) is 65.3 Å². The molecular formula is C134H80N10O. The van der Waals surface area contributed by atoms with Crippen molar-refractivity contribution in [3.63, 3.8) is 0 Å². The Morgan fingerprint density at radius 1 is 0.152 bits per heavy atom. The van der Waals surface area contributed by atoms with Gasteiger partial charge < -0.3 is 22.7 Å². The molecule has 0 aliphatic rings. The molecule has 0 aliphatic heterocycles. The summed E-state index contributed by atoms with van der Waals surface area (Å²) in [5, 5.41) is 20.1. The van der Waals surface area contributed by atoms with Crippen LogP contribution in [-0.2, 0) is 0 Å². The summed E-state index contributed by atoms with van der Waals surface area (Å²) in [7, 11) is 0. The summed E-state index contributed by atoms with van der Waals surface area (Å²) in [4.78, 5) is 22.8. The zero-order valence-electron chi connectivity index (χ0n) is 78.1. The molecule has 22 aromatic carbocycles. The minimum Gasteiger partial charge on any atom is -0.455 e. The lowest BCUT2D eigenvalue weighted by Gasteiger charge is -2.14. The quantitative estimate of drug-likeness (QED) is 0.115. The lowest BCUT2D eigenvalue weighted by Crippen LogP contribution is -2.04. The van der Waals surface area contributed by atoms with Gasteiger partial charge in [0.2, 0.25) is 11.9 Å². The van der Waals surface area contributed by atoms with Crippen LogP contribution in [0, 0.1) is 0 Å². The van der Waals surface area contributed by atoms with E-state index in [0.29, 0.717) is 11.9 Å². The summed E-state index contributed by atoms with van der Waals surface area (Å²) in [5.41, 5.74) is 35.8. The van der Waals surface area contributed by atoms with Gasteiger partial charge in [-0.1, -0.05) is 297 Å². The molecule has 0 aliphatic carbocycles. The fraction of sp³-hybridized carbons (Fsp3) is 0. The average molecular weight is 1850 g/mol. The molecule has 0 saturated heterocycles. The minimum absolute atomic E-state index is 0.567. The van der Waals surface area contributed by atoms with Crippen LogP contribution in [0.5, 0.6) is 0 Å². The van der Waals surface area contributed by atoms with Crippen molar-refractivity contribution in [3.05, 3.63) is 485 Å². The maximum absolute atomic E-state index is 6.84. The van der Waals surface area contributed by atoms with Gasteiger partial charge in [-0.25, -0.2) is 19.9 Å². The smallest absolute Gasteiger partial charge is 0.235 e. The van der Waals surface area contributed by atoms with Crippen molar-refractivity contribution in [2.75, 3.05) is 0 Å². The van der Waals surface area contributed by atoms with E-state index in [-0.39, 0.29) is 0 Å². The molecule has 0 unspecified atom stereocenters. The molecule has 0 N–H and O–H groups in total. The Morgan fingerprint density at radius 3 is 0.931 bits per heavy atom. The van der Waals surface area contributed by atoms with Crippen LogP contribution in [0.25, 0.3) is 298 Å². The fourth-order valence-corrected chi connectivity index (χ4v) is 23.9. The fourth-order valence-electron chi connectivity index (χ4n) is 23.9. The van der Waals surface area contributed by atoms with Crippen molar-refractivity contribution in [3.8, 4) is 113 Å². The Hall–Kier alpha value is -19.6. The molecule has 0 spiro atoms. The van der Waals surface area contributed by atoms with Crippen molar-refractivity contribution in [1.82, 2.24) is 47.3 Å². The van der Waals surface area contributed by atoms with Gasteiger partial charge in [0.05, 0.1) is 88.6 Å². The molecule has 31 rings (SSSR count). The van der Waals surface area contributed by atoms with E-state index in [1.54, 1.807) is 0 Å². The van der Waals surface area contributed by atoms with Crippen molar-refractivity contribution < 1.29 is 4.42 Å². The van der Waals surface area contributed by atoms with Crippen LogP contribution in [0.4, 0.5) is 0 Å². The normalized spacial score (nSPS) is 12.1. The topological polar surface area (TPSA) is 94.3 Å². The maximum atomic E-state index is 6.84. The van der Waals surface area contributed by atoms with Crippen molar-refractivity contribution >= 4 is 185 Å². The molecule has 11 nitrogen and oxygen atoms in total. The van der Waals surface area contributed by atoms with E-state index in [9.17, 15) is 0 Å². The van der Waals surface area contributed by atoms with E-state index >= 15 is 0 Å². The number of furan rings is 1. The molecule has 11 heteroatoms. The third kappa shape index (κ3) is 12.3. The first-order chi connectivity index (χ1) is 71.9. The van der Waals surface area contributed by atoms with Gasteiger partial charge in [-0.2, -0.15) is 0 Å². The second kappa shape index (κ2) is 31.4. The molecular weight excluding hydrogens is 1770 g/mol. The summed E-state index contributed by atoms with van der Waals surface area (Å²) in [5.74, 6) is 1.14. The molecule has 9 heterocycles. The lowest BCUT2D eigenvalue weighted by molar-refractivity contribution is 0.673. The van der Waals surface area contributed by atoms with Crippen LogP contribution in [0.15, 0.2) is 490 Å². The largest absolute Gasteiger partial charge is 0.455 e. The monoisotopic (exact) mass is 1840 g/mol.